The maximum absolute atomic E-state index is 11.6. The summed E-state index contributed by atoms with van der Waals surface area (Å²) in [5.41, 5.74) is 0.385. The number of H-pyrrole nitrogens is 1. The van der Waals surface area contributed by atoms with Gasteiger partial charge in [-0.25, -0.2) is 0 Å². The molecule has 17 heavy (non-hydrogen) atoms. The van der Waals surface area contributed by atoms with Crippen LogP contribution in [0.1, 0.15) is 26.0 Å². The fourth-order valence-electron chi connectivity index (χ4n) is 1.86. The van der Waals surface area contributed by atoms with E-state index in [1.807, 2.05) is 13.8 Å². The van der Waals surface area contributed by atoms with Gasteiger partial charge in [0, 0.05) is 11.8 Å². The van der Waals surface area contributed by atoms with E-state index in [4.69, 9.17) is 9.47 Å². The minimum atomic E-state index is -0.782. The highest BCUT2D eigenvalue weighted by Crippen LogP contribution is 2.32. The molecule has 2 atom stereocenters. The van der Waals surface area contributed by atoms with Crippen molar-refractivity contribution in [3.63, 3.8) is 0 Å². The topological polar surface area (TPSA) is 71.6 Å². The maximum atomic E-state index is 11.6. The van der Waals surface area contributed by atoms with Gasteiger partial charge in [-0.05, 0) is 19.3 Å². The van der Waals surface area contributed by atoms with Crippen LogP contribution < -0.4 is 15.0 Å². The van der Waals surface area contributed by atoms with Gasteiger partial charge in [-0.2, -0.15) is 0 Å². The summed E-state index contributed by atoms with van der Waals surface area (Å²) in [6, 6.07) is 1.69. The summed E-state index contributed by atoms with van der Waals surface area (Å²) >= 11 is 0. The highest BCUT2D eigenvalue weighted by atomic mass is 16.7. The first-order chi connectivity index (χ1) is 7.97. The standard InChI is InChI=1S/C12H17NO4/c1-6(2)4-8(14)12-16-9-5-7(3)13-11(15)10(9)17-12/h5-6,8,12,14H,4H2,1-3H3,(H,13,15)/t8-,12-/m0/s1. The van der Waals surface area contributed by atoms with Crippen LogP contribution in [0.3, 0.4) is 0 Å². The molecule has 0 aromatic carbocycles. The number of aryl methyl sites for hydroxylation is 1. The Labute approximate surface area is 99.4 Å². The van der Waals surface area contributed by atoms with Gasteiger partial charge >= 0.3 is 0 Å². The Kier molecular flexibility index (Phi) is 3.11. The zero-order valence-corrected chi connectivity index (χ0v) is 10.2. The summed E-state index contributed by atoms with van der Waals surface area (Å²) < 4.78 is 10.8. The Morgan fingerprint density at radius 2 is 2.18 bits per heavy atom. The number of aromatic nitrogens is 1. The zero-order chi connectivity index (χ0) is 12.6. The van der Waals surface area contributed by atoms with Crippen molar-refractivity contribution in [2.45, 2.75) is 39.6 Å². The van der Waals surface area contributed by atoms with Crippen LogP contribution in [0.25, 0.3) is 0 Å². The molecule has 0 radical (unpaired) electrons. The molecule has 1 aromatic heterocycles. The molecule has 5 nitrogen and oxygen atoms in total. The first-order valence-corrected chi connectivity index (χ1v) is 5.72. The number of hydrogen-bond acceptors (Lipinski definition) is 4. The molecule has 0 amide bonds. The van der Waals surface area contributed by atoms with Crippen LogP contribution >= 0.6 is 0 Å². The molecule has 0 aliphatic carbocycles. The number of pyridine rings is 1. The van der Waals surface area contributed by atoms with E-state index in [1.165, 1.54) is 0 Å². The molecule has 2 N–H and O–H groups in total. The molecule has 1 aromatic rings. The lowest BCUT2D eigenvalue weighted by Gasteiger charge is -2.18. The van der Waals surface area contributed by atoms with Gasteiger partial charge in [0.25, 0.3) is 11.8 Å². The summed E-state index contributed by atoms with van der Waals surface area (Å²) in [7, 11) is 0. The molecule has 0 unspecified atom stereocenters. The highest BCUT2D eigenvalue weighted by Gasteiger charge is 2.33. The molecular weight excluding hydrogens is 222 g/mol. The third-order valence-electron chi connectivity index (χ3n) is 2.59. The van der Waals surface area contributed by atoms with Crippen molar-refractivity contribution in [2.24, 2.45) is 5.92 Å². The van der Waals surface area contributed by atoms with Crippen molar-refractivity contribution >= 4 is 0 Å². The van der Waals surface area contributed by atoms with Crippen molar-refractivity contribution in [2.75, 3.05) is 0 Å². The monoisotopic (exact) mass is 239 g/mol. The maximum Gasteiger partial charge on any atom is 0.294 e. The van der Waals surface area contributed by atoms with Gasteiger partial charge < -0.3 is 19.6 Å². The van der Waals surface area contributed by atoms with Gasteiger partial charge in [0.05, 0.1) is 0 Å². The smallest absolute Gasteiger partial charge is 0.294 e. The van der Waals surface area contributed by atoms with E-state index in [9.17, 15) is 9.90 Å². The summed E-state index contributed by atoms with van der Waals surface area (Å²) in [5.74, 6) is 0.892. The third-order valence-corrected chi connectivity index (χ3v) is 2.59. The van der Waals surface area contributed by atoms with E-state index in [-0.39, 0.29) is 11.3 Å². The molecule has 5 heteroatoms. The summed E-state index contributed by atoms with van der Waals surface area (Å²) in [6.45, 7) is 5.77. The zero-order valence-electron chi connectivity index (χ0n) is 10.2. The van der Waals surface area contributed by atoms with E-state index in [2.05, 4.69) is 4.98 Å². The third kappa shape index (κ3) is 2.44. The van der Waals surface area contributed by atoms with Crippen LogP contribution in [0.5, 0.6) is 11.5 Å². The van der Waals surface area contributed by atoms with Crippen molar-refractivity contribution in [1.29, 1.82) is 0 Å². The molecule has 0 fully saturated rings. The summed E-state index contributed by atoms with van der Waals surface area (Å²) in [4.78, 5) is 14.2. The number of aliphatic hydroxyl groups is 1. The van der Waals surface area contributed by atoms with Gasteiger partial charge in [0.2, 0.25) is 5.75 Å². The summed E-state index contributed by atoms with van der Waals surface area (Å²) in [6.07, 6.45) is -0.951. The number of fused-ring (bicyclic) bond motifs is 1. The fourth-order valence-corrected chi connectivity index (χ4v) is 1.86. The molecule has 0 saturated carbocycles. The SMILES string of the molecule is Cc1cc2c(c(=O)[nH]1)O[C@@H]([C@@H](O)CC(C)C)O2. The Morgan fingerprint density at radius 1 is 1.47 bits per heavy atom. The molecule has 1 aliphatic rings. The number of aromatic amines is 1. The first-order valence-electron chi connectivity index (χ1n) is 5.72. The number of nitrogens with one attached hydrogen (secondary N) is 1. The lowest BCUT2D eigenvalue weighted by molar-refractivity contribution is -0.0664. The molecule has 0 bridgehead atoms. The molecule has 0 spiro atoms. The van der Waals surface area contributed by atoms with Crippen molar-refractivity contribution in [1.82, 2.24) is 4.98 Å². The largest absolute Gasteiger partial charge is 0.448 e. The second-order valence-electron chi connectivity index (χ2n) is 4.78. The number of hydrogen-bond donors (Lipinski definition) is 2. The van der Waals surface area contributed by atoms with E-state index in [1.54, 1.807) is 13.0 Å². The molecule has 0 saturated heterocycles. The average Bonchev–Trinajstić information content (AvgIpc) is 2.60. The molecular formula is C12H17NO4. The van der Waals surface area contributed by atoms with E-state index in [0.717, 1.165) is 0 Å². The van der Waals surface area contributed by atoms with E-state index < -0.39 is 12.4 Å². The molecule has 94 valence electrons. The van der Waals surface area contributed by atoms with Crippen LogP contribution in [-0.2, 0) is 0 Å². The van der Waals surface area contributed by atoms with Gasteiger partial charge in [-0.15, -0.1) is 0 Å². The Hall–Kier alpha value is -1.49. The second-order valence-corrected chi connectivity index (χ2v) is 4.78. The highest BCUT2D eigenvalue weighted by molar-refractivity contribution is 5.41. The Balaban J connectivity index is 2.16. The van der Waals surface area contributed by atoms with E-state index >= 15 is 0 Å². The van der Waals surface area contributed by atoms with Gasteiger partial charge in [0.15, 0.2) is 5.75 Å². The number of aliphatic hydroxyl groups excluding tert-OH is 1. The van der Waals surface area contributed by atoms with Crippen molar-refractivity contribution in [3.05, 3.63) is 22.1 Å². The Morgan fingerprint density at radius 3 is 2.82 bits per heavy atom. The van der Waals surface area contributed by atoms with Crippen LogP contribution in [0.4, 0.5) is 0 Å². The predicted octanol–water partition coefficient (Wildman–Crippen LogP) is 1.19. The lowest BCUT2D eigenvalue weighted by atomic mass is 10.1. The number of ether oxygens (including phenoxy) is 2. The lowest BCUT2D eigenvalue weighted by Crippen LogP contribution is -2.34. The second kappa shape index (κ2) is 4.41. The minimum Gasteiger partial charge on any atom is -0.448 e. The number of rotatable bonds is 3. The first kappa shape index (κ1) is 12.0. The molecule has 2 rings (SSSR count). The van der Waals surface area contributed by atoms with Crippen LogP contribution in [-0.4, -0.2) is 22.5 Å². The van der Waals surface area contributed by atoms with Crippen molar-refractivity contribution < 1.29 is 14.6 Å². The average molecular weight is 239 g/mol. The van der Waals surface area contributed by atoms with Gasteiger partial charge in [0.1, 0.15) is 6.10 Å². The predicted molar refractivity (Wildman–Crippen MR) is 62.3 cm³/mol. The van der Waals surface area contributed by atoms with E-state index in [0.29, 0.717) is 23.8 Å². The normalized spacial score (nSPS) is 19.7. The van der Waals surface area contributed by atoms with Gasteiger partial charge in [-0.3, -0.25) is 4.79 Å². The van der Waals surface area contributed by atoms with Crippen LogP contribution in [0.15, 0.2) is 10.9 Å². The Bertz CT molecular complexity index is 466. The summed E-state index contributed by atoms with van der Waals surface area (Å²) in [5, 5.41) is 9.89. The minimum absolute atomic E-state index is 0.156. The fraction of sp³-hybridized carbons (Fsp3) is 0.583. The molecule has 2 heterocycles. The molecule has 1 aliphatic heterocycles. The van der Waals surface area contributed by atoms with Crippen LogP contribution in [0.2, 0.25) is 0 Å². The quantitative estimate of drug-likeness (QED) is 0.831. The van der Waals surface area contributed by atoms with Crippen molar-refractivity contribution in [3.8, 4) is 11.5 Å². The van der Waals surface area contributed by atoms with Crippen LogP contribution in [0, 0.1) is 12.8 Å². The van der Waals surface area contributed by atoms with Gasteiger partial charge in [-0.1, -0.05) is 13.8 Å².